The zero-order chi connectivity index (χ0) is 28.9. The molecule has 0 N–H and O–H groups in total. The molecule has 0 aliphatic carbocycles. The van der Waals surface area contributed by atoms with Crippen LogP contribution in [0, 0.1) is 11.8 Å². The van der Waals surface area contributed by atoms with Crippen LogP contribution >= 0.6 is 0 Å². The van der Waals surface area contributed by atoms with Gasteiger partial charge >= 0.3 is 12.4 Å². The highest BCUT2D eigenvalue weighted by Crippen LogP contribution is 2.49. The van der Waals surface area contributed by atoms with Crippen LogP contribution in [0.1, 0.15) is 41.2 Å². The Morgan fingerprint density at radius 1 is 1.02 bits per heavy atom. The molecule has 11 heteroatoms. The van der Waals surface area contributed by atoms with E-state index in [0.29, 0.717) is 35.7 Å². The number of pyridine rings is 1. The molecule has 4 nitrogen and oxygen atoms in total. The van der Waals surface area contributed by atoms with E-state index in [1.807, 2.05) is 30.3 Å². The number of quaternary nitrogens is 1. The molecule has 3 aliphatic heterocycles. The van der Waals surface area contributed by atoms with Crippen molar-refractivity contribution in [1.29, 1.82) is 0 Å². The number of hydrogen-bond acceptors (Lipinski definition) is 3. The summed E-state index contributed by atoms with van der Waals surface area (Å²) < 4.78 is 94.0. The molecule has 0 radical (unpaired) electrons. The Balaban J connectivity index is 0.00000387. The number of methoxy groups -OCH3 is 2. The molecule has 0 unspecified atom stereocenters. The summed E-state index contributed by atoms with van der Waals surface area (Å²) in [6, 6.07) is 9.09. The summed E-state index contributed by atoms with van der Waals surface area (Å²) in [6.45, 7) is 5.17. The SMILES string of the molecule is C=C[C@H]1C[N@+]2(Cc3cc(C(F)(F)F)cc(C(F)(F)F)c3)CC[C@H]1C[C@@H]2[C@@H](OC)c1ccnc2ccc(OC)cc12.[Br-]. The van der Waals surface area contributed by atoms with Crippen LogP contribution in [0.3, 0.4) is 0 Å². The van der Waals surface area contributed by atoms with E-state index in [1.54, 1.807) is 20.4 Å². The van der Waals surface area contributed by atoms with Gasteiger partial charge in [-0.25, -0.2) is 0 Å². The average Bonchev–Trinajstić information content (AvgIpc) is 2.92. The lowest BCUT2D eigenvalue weighted by atomic mass is 9.71. The predicted octanol–water partition coefficient (Wildman–Crippen LogP) is 4.58. The topological polar surface area (TPSA) is 31.4 Å². The van der Waals surface area contributed by atoms with Crippen molar-refractivity contribution in [2.45, 2.75) is 43.9 Å². The molecule has 0 saturated carbocycles. The molecule has 2 aromatic carbocycles. The van der Waals surface area contributed by atoms with Gasteiger partial charge < -0.3 is 30.9 Å². The molecule has 6 rings (SSSR count). The van der Waals surface area contributed by atoms with Crippen molar-refractivity contribution in [2.24, 2.45) is 11.8 Å². The van der Waals surface area contributed by atoms with E-state index < -0.39 is 29.6 Å². The van der Waals surface area contributed by atoms with Gasteiger partial charge in [-0.15, -0.1) is 6.58 Å². The number of piperidine rings is 3. The number of hydrogen-bond donors (Lipinski definition) is 0. The summed E-state index contributed by atoms with van der Waals surface area (Å²) in [5.74, 6) is 1.04. The lowest BCUT2D eigenvalue weighted by Crippen LogP contribution is -3.00. The number of fused-ring (bicyclic) bond motifs is 4. The minimum absolute atomic E-state index is 0. The van der Waals surface area contributed by atoms with Crippen molar-refractivity contribution in [3.63, 3.8) is 0 Å². The molecule has 222 valence electrons. The number of halogens is 7. The van der Waals surface area contributed by atoms with Crippen molar-refractivity contribution in [2.75, 3.05) is 27.3 Å². The van der Waals surface area contributed by atoms with Crippen LogP contribution in [0.25, 0.3) is 10.9 Å². The number of benzene rings is 2. The molecular weight excluding hydrogens is 614 g/mol. The van der Waals surface area contributed by atoms with Gasteiger partial charge in [0.2, 0.25) is 0 Å². The minimum Gasteiger partial charge on any atom is -1.00 e. The zero-order valence-electron chi connectivity index (χ0n) is 22.6. The van der Waals surface area contributed by atoms with Crippen LogP contribution in [0.4, 0.5) is 26.3 Å². The van der Waals surface area contributed by atoms with E-state index in [9.17, 15) is 26.3 Å². The molecule has 0 spiro atoms. The van der Waals surface area contributed by atoms with Gasteiger partial charge in [0.15, 0.2) is 0 Å². The molecule has 2 bridgehead atoms. The van der Waals surface area contributed by atoms with Gasteiger partial charge in [-0.3, -0.25) is 4.98 Å². The highest BCUT2D eigenvalue weighted by molar-refractivity contribution is 5.84. The van der Waals surface area contributed by atoms with Crippen molar-refractivity contribution in [3.8, 4) is 5.75 Å². The zero-order valence-corrected chi connectivity index (χ0v) is 24.2. The molecular formula is C30H31BrF6N2O2. The summed E-state index contributed by atoms with van der Waals surface area (Å²) >= 11 is 0. The lowest BCUT2D eigenvalue weighted by Gasteiger charge is -2.58. The van der Waals surface area contributed by atoms with Crippen LogP contribution in [-0.2, 0) is 23.6 Å². The lowest BCUT2D eigenvalue weighted by molar-refractivity contribution is -0.985. The summed E-state index contributed by atoms with van der Waals surface area (Å²) in [5.41, 5.74) is -0.993. The molecule has 3 aliphatic rings. The molecule has 41 heavy (non-hydrogen) atoms. The van der Waals surface area contributed by atoms with Crippen LogP contribution < -0.4 is 21.7 Å². The van der Waals surface area contributed by atoms with Crippen LogP contribution in [0.2, 0.25) is 0 Å². The fourth-order valence-electron chi connectivity index (χ4n) is 6.85. The summed E-state index contributed by atoms with van der Waals surface area (Å²) in [7, 11) is 3.16. The Labute approximate surface area is 245 Å². The molecule has 0 amide bonds. The second-order valence-electron chi connectivity index (χ2n) is 10.9. The molecule has 3 fully saturated rings. The van der Waals surface area contributed by atoms with Crippen LogP contribution in [0.5, 0.6) is 5.75 Å². The number of rotatable bonds is 7. The van der Waals surface area contributed by atoms with Crippen molar-refractivity contribution in [1.82, 2.24) is 4.98 Å². The normalized spacial score (nSPS) is 25.0. The number of ether oxygens (including phenoxy) is 2. The first-order chi connectivity index (χ1) is 18.9. The number of nitrogens with zero attached hydrogens (tertiary/aromatic N) is 2. The summed E-state index contributed by atoms with van der Waals surface area (Å²) in [5, 5.41) is 0.827. The van der Waals surface area contributed by atoms with E-state index >= 15 is 0 Å². The molecule has 3 saturated heterocycles. The van der Waals surface area contributed by atoms with Crippen LogP contribution in [-0.4, -0.2) is 42.8 Å². The Kier molecular flexibility index (Phi) is 8.83. The van der Waals surface area contributed by atoms with E-state index in [0.717, 1.165) is 35.0 Å². The third-order valence-electron chi connectivity index (χ3n) is 8.71. The predicted molar refractivity (Wildman–Crippen MR) is 138 cm³/mol. The monoisotopic (exact) mass is 644 g/mol. The van der Waals surface area contributed by atoms with E-state index in [1.165, 1.54) is 0 Å². The quantitative estimate of drug-likeness (QED) is 0.214. The Morgan fingerprint density at radius 3 is 2.29 bits per heavy atom. The van der Waals surface area contributed by atoms with Gasteiger partial charge in [-0.05, 0) is 53.9 Å². The van der Waals surface area contributed by atoms with E-state index in [2.05, 4.69) is 11.6 Å². The Hall–Kier alpha value is -2.63. The molecule has 1 aromatic heterocycles. The second-order valence-corrected chi connectivity index (χ2v) is 10.9. The van der Waals surface area contributed by atoms with Crippen LogP contribution in [0.15, 0.2) is 61.3 Å². The first-order valence-corrected chi connectivity index (χ1v) is 13.1. The maximum atomic E-state index is 13.7. The standard InChI is InChI=1S/C30H31F6N2O2.BrH/c1-4-19-17-38(16-18-11-21(29(31,32)33)14-22(12-18)30(34,35)36)10-8-20(19)13-27(38)28(40-3)24-7-9-37-26-6-5-23(39-2)15-25(24)26;/h4-7,9,11-12,14-15,19-20,27-28H,1,8,10,13,16-17H2,2-3H3;1H/q+1;/p-1/t19-,20-,27+,28-,38+;/m0./s1. The number of aromatic nitrogens is 1. The maximum absolute atomic E-state index is 13.7. The second kappa shape index (κ2) is 11.6. The minimum atomic E-state index is -4.90. The molecule has 5 atom stereocenters. The molecule has 4 heterocycles. The van der Waals surface area contributed by atoms with Gasteiger partial charge in [-0.2, -0.15) is 26.3 Å². The smallest absolute Gasteiger partial charge is 0.416 e. The first-order valence-electron chi connectivity index (χ1n) is 13.1. The first kappa shape index (κ1) is 31.3. The number of alkyl halides is 6. The highest BCUT2D eigenvalue weighted by Gasteiger charge is 2.54. The Bertz CT molecular complexity index is 1380. The van der Waals surface area contributed by atoms with Gasteiger partial charge in [0, 0.05) is 43.0 Å². The van der Waals surface area contributed by atoms with Gasteiger partial charge in [0.05, 0.1) is 36.8 Å². The van der Waals surface area contributed by atoms with E-state index in [4.69, 9.17) is 9.47 Å². The highest BCUT2D eigenvalue weighted by atomic mass is 79.9. The largest absolute Gasteiger partial charge is 1.00 e. The molecule has 3 aromatic rings. The van der Waals surface area contributed by atoms with Crippen molar-refractivity contribution >= 4 is 10.9 Å². The summed E-state index contributed by atoms with van der Waals surface area (Å²) in [4.78, 5) is 4.46. The maximum Gasteiger partial charge on any atom is 0.416 e. The summed E-state index contributed by atoms with van der Waals surface area (Å²) in [6.07, 6.45) is -5.22. The fraction of sp³-hybridized carbons (Fsp3) is 0.433. The Morgan fingerprint density at radius 2 is 1.71 bits per heavy atom. The van der Waals surface area contributed by atoms with E-state index in [-0.39, 0.29) is 47.1 Å². The van der Waals surface area contributed by atoms with Gasteiger partial charge in [0.1, 0.15) is 24.4 Å². The van der Waals surface area contributed by atoms with Crippen molar-refractivity contribution in [3.05, 3.63) is 83.6 Å². The van der Waals surface area contributed by atoms with Crippen molar-refractivity contribution < 1.29 is 57.3 Å². The van der Waals surface area contributed by atoms with Gasteiger partial charge in [0.25, 0.3) is 0 Å². The average molecular weight is 645 g/mol. The third kappa shape index (κ3) is 5.99. The van der Waals surface area contributed by atoms with Gasteiger partial charge in [-0.1, -0.05) is 6.08 Å². The fourth-order valence-corrected chi connectivity index (χ4v) is 6.85. The third-order valence-corrected chi connectivity index (χ3v) is 8.71.